The maximum atomic E-state index is 9.04. The average molecular weight is 853 g/mol. The second-order valence-electron chi connectivity index (χ2n) is 17.4. The lowest BCUT2D eigenvalue weighted by Gasteiger charge is -2.28. The van der Waals surface area contributed by atoms with Crippen molar-refractivity contribution in [3.63, 3.8) is 0 Å². The van der Waals surface area contributed by atoms with Crippen molar-refractivity contribution in [1.82, 2.24) is 9.55 Å². The summed E-state index contributed by atoms with van der Waals surface area (Å²) in [7, 11) is 0. The average Bonchev–Trinajstić information content (AvgIpc) is 4.02. The van der Waals surface area contributed by atoms with Gasteiger partial charge in [0, 0.05) is 54.1 Å². The Morgan fingerprint density at radius 2 is 1.29 bits per heavy atom. The van der Waals surface area contributed by atoms with Gasteiger partial charge in [0.25, 0.3) is 0 Å². The molecule has 0 amide bonds. The largest absolute Gasteiger partial charge is 0.457 e. The van der Waals surface area contributed by atoms with Crippen LogP contribution in [0.3, 0.4) is 0 Å². The van der Waals surface area contributed by atoms with E-state index in [4.69, 9.17) is 23.4 Å². The Morgan fingerprint density at radius 3 is 2.11 bits per heavy atom. The predicted molar refractivity (Wildman–Crippen MR) is 272 cm³/mol. The predicted octanol–water partition coefficient (Wildman–Crippen LogP) is 16.1. The molecule has 0 radical (unpaired) electrons. The lowest BCUT2D eigenvalue weighted by Crippen LogP contribution is -2.25. The zero-order chi connectivity index (χ0) is 52.7. The van der Waals surface area contributed by atoms with Crippen LogP contribution < -0.4 is 14.5 Å². The molecule has 0 N–H and O–H groups in total. The van der Waals surface area contributed by atoms with Gasteiger partial charge in [0.15, 0.2) is 0 Å². The van der Waals surface area contributed by atoms with Crippen LogP contribution in [0.15, 0.2) is 200 Å². The molecular weight excluding hydrogens is 793 g/mol. The fourth-order valence-electron chi connectivity index (χ4n) is 9.02. The molecule has 0 atom stereocenters. The molecule has 3 heterocycles. The van der Waals surface area contributed by atoms with E-state index in [0.717, 1.165) is 39.4 Å². The van der Waals surface area contributed by atoms with E-state index in [1.807, 2.05) is 115 Å². The molecule has 0 aliphatic carbocycles. The van der Waals surface area contributed by atoms with Gasteiger partial charge in [-0.1, -0.05) is 154 Å². The molecule has 5 nitrogen and oxygen atoms in total. The topological polar surface area (TPSA) is 33.5 Å². The Labute approximate surface area is 395 Å². The second kappa shape index (κ2) is 16.0. The standard InChI is InChI=1S/C60H50N4O/c1-40-17-9-10-22-48(40)43-29-32-49(41(2)35-43)53-25-16-24-50(42-18-7-6-8-19-42)59(53)63-39-62(55-27-13-14-28-56(55)63)45-20-15-21-46(36-45)65-47-31-33-52-51-23-11-12-26-54(51)64(57(52)37-47)58-34-30-44(38-61-58)60(3,4)5/h6-38H,39H2,1-5H3/i1D3,2D3,11D,12D,23D,26D. The van der Waals surface area contributed by atoms with E-state index >= 15 is 0 Å². The van der Waals surface area contributed by atoms with Gasteiger partial charge in [0.1, 0.15) is 24.0 Å². The quantitative estimate of drug-likeness (QED) is 0.152. The molecule has 316 valence electrons. The third-order valence-corrected chi connectivity index (χ3v) is 12.3. The summed E-state index contributed by atoms with van der Waals surface area (Å²) >= 11 is 0. The minimum Gasteiger partial charge on any atom is -0.457 e. The third-order valence-electron chi connectivity index (χ3n) is 12.3. The van der Waals surface area contributed by atoms with Gasteiger partial charge < -0.3 is 14.5 Å². The first-order chi connectivity index (χ1) is 35.8. The van der Waals surface area contributed by atoms with Crippen LogP contribution in [0, 0.1) is 13.7 Å². The smallest absolute Gasteiger partial charge is 0.137 e. The number of rotatable bonds is 8. The summed E-state index contributed by atoms with van der Waals surface area (Å²) in [6.07, 6.45) is 1.81. The van der Waals surface area contributed by atoms with Crippen molar-refractivity contribution in [3.05, 3.63) is 217 Å². The van der Waals surface area contributed by atoms with E-state index in [0.29, 0.717) is 68.0 Å². The Hall–Kier alpha value is -7.89. The minimum atomic E-state index is -2.57. The Kier molecular flexibility index (Phi) is 7.46. The van der Waals surface area contributed by atoms with Gasteiger partial charge in [-0.3, -0.25) is 4.57 Å². The number of benzene rings is 8. The number of anilines is 4. The van der Waals surface area contributed by atoms with Crippen LogP contribution in [-0.4, -0.2) is 16.2 Å². The summed E-state index contributed by atoms with van der Waals surface area (Å²) in [4.78, 5) is 9.22. The van der Waals surface area contributed by atoms with Gasteiger partial charge in [-0.05, 0) is 107 Å². The van der Waals surface area contributed by atoms with Crippen molar-refractivity contribution in [2.75, 3.05) is 16.5 Å². The Balaban J connectivity index is 1.01. The van der Waals surface area contributed by atoms with Gasteiger partial charge in [-0.25, -0.2) is 4.98 Å². The van der Waals surface area contributed by atoms with Crippen LogP contribution in [0.4, 0.5) is 22.7 Å². The highest BCUT2D eigenvalue weighted by Crippen LogP contribution is 2.51. The van der Waals surface area contributed by atoms with Crippen LogP contribution in [0.1, 0.15) is 51.2 Å². The number of nitrogens with zero attached hydrogens (tertiary/aromatic N) is 4. The second-order valence-corrected chi connectivity index (χ2v) is 17.4. The van der Waals surface area contributed by atoms with Crippen molar-refractivity contribution in [2.24, 2.45) is 0 Å². The van der Waals surface area contributed by atoms with Crippen LogP contribution in [0.2, 0.25) is 0 Å². The molecule has 10 aromatic rings. The molecule has 11 rings (SSSR count). The van der Waals surface area contributed by atoms with Gasteiger partial charge in [-0.2, -0.15) is 0 Å². The van der Waals surface area contributed by atoms with Crippen molar-refractivity contribution in [2.45, 2.75) is 39.9 Å². The maximum Gasteiger partial charge on any atom is 0.137 e. The summed E-state index contributed by atoms with van der Waals surface area (Å²) in [5.41, 5.74) is 9.40. The van der Waals surface area contributed by atoms with Gasteiger partial charge >= 0.3 is 0 Å². The number of pyridine rings is 1. The van der Waals surface area contributed by atoms with Crippen LogP contribution in [0.25, 0.3) is 61.0 Å². The number of ether oxygens (including phenoxy) is 1. The molecule has 0 unspecified atom stereocenters. The SMILES string of the molecule is [2H]c1c([2H])c([2H])c2c(c1[2H])c1ccc(Oc3cccc(N4CN(c5c(-c6ccccc6)cccc5-c5ccc(-c6ccccc6C([2H])([2H])[2H])cc5C([2H])([2H])[2H])c5ccccc54)c3)cc1n2-c1ccc(C(C)(C)C)cn1. The summed E-state index contributed by atoms with van der Waals surface area (Å²) in [6, 6.07) is 52.1. The summed E-state index contributed by atoms with van der Waals surface area (Å²) in [5.74, 6) is 1.52. The molecule has 1 aliphatic rings. The highest BCUT2D eigenvalue weighted by Gasteiger charge is 2.32. The summed E-state index contributed by atoms with van der Waals surface area (Å²) in [5, 5.41) is 1.02. The first-order valence-corrected chi connectivity index (χ1v) is 21.6. The minimum absolute atomic E-state index is 0.0943. The molecule has 5 heteroatoms. The monoisotopic (exact) mass is 852 g/mol. The molecule has 65 heavy (non-hydrogen) atoms. The zero-order valence-corrected chi connectivity index (χ0v) is 36.1. The maximum absolute atomic E-state index is 9.04. The van der Waals surface area contributed by atoms with Gasteiger partial charge in [0.05, 0.1) is 33.6 Å². The first-order valence-electron chi connectivity index (χ1n) is 26.6. The molecular formula is C60H50N4O. The Morgan fingerprint density at radius 1 is 0.554 bits per heavy atom. The van der Waals surface area contributed by atoms with E-state index in [1.165, 1.54) is 0 Å². The van der Waals surface area contributed by atoms with Crippen LogP contribution in [-0.2, 0) is 5.41 Å². The van der Waals surface area contributed by atoms with E-state index in [2.05, 4.69) is 42.7 Å². The lowest BCUT2D eigenvalue weighted by atomic mass is 9.88. The number of aromatic nitrogens is 2. The number of fused-ring (bicyclic) bond motifs is 4. The van der Waals surface area contributed by atoms with Crippen molar-refractivity contribution < 1.29 is 18.4 Å². The number of aryl methyl sites for hydroxylation is 2. The van der Waals surface area contributed by atoms with Gasteiger partial charge in [0.2, 0.25) is 0 Å². The summed E-state index contributed by atoms with van der Waals surface area (Å²) in [6.45, 7) is 1.67. The molecule has 0 bridgehead atoms. The van der Waals surface area contributed by atoms with Crippen molar-refractivity contribution >= 4 is 44.6 Å². The number of hydrogen-bond acceptors (Lipinski definition) is 4. The van der Waals surface area contributed by atoms with Crippen LogP contribution in [0.5, 0.6) is 11.5 Å². The lowest BCUT2D eigenvalue weighted by molar-refractivity contribution is 0.483. The molecule has 1 aliphatic heterocycles. The van der Waals surface area contributed by atoms with Crippen molar-refractivity contribution in [1.29, 1.82) is 0 Å². The normalized spacial score (nSPS) is 15.2. The fraction of sp³-hybridized carbons (Fsp3) is 0.117. The first kappa shape index (κ1) is 30.2. The van der Waals surface area contributed by atoms with Crippen molar-refractivity contribution in [3.8, 4) is 50.7 Å². The highest BCUT2D eigenvalue weighted by molar-refractivity contribution is 6.09. The molecule has 0 saturated heterocycles. The molecule has 8 aromatic carbocycles. The van der Waals surface area contributed by atoms with E-state index in [1.54, 1.807) is 53.2 Å². The van der Waals surface area contributed by atoms with E-state index < -0.39 is 13.7 Å². The third kappa shape index (κ3) is 7.19. The fourth-order valence-corrected chi connectivity index (χ4v) is 9.02. The highest BCUT2D eigenvalue weighted by atomic mass is 16.5. The molecule has 0 saturated carbocycles. The Bertz CT molecular complexity index is 3860. The van der Waals surface area contributed by atoms with E-state index in [9.17, 15) is 0 Å². The number of hydrogen-bond donors (Lipinski definition) is 0. The molecule has 0 fully saturated rings. The van der Waals surface area contributed by atoms with Crippen LogP contribution >= 0.6 is 0 Å². The molecule has 2 aromatic heterocycles. The molecule has 0 spiro atoms. The summed E-state index contributed by atoms with van der Waals surface area (Å²) < 4.78 is 95.0. The van der Waals surface area contributed by atoms with E-state index in [-0.39, 0.29) is 40.7 Å². The number of para-hydroxylation sites is 4. The van der Waals surface area contributed by atoms with Gasteiger partial charge in [-0.15, -0.1) is 0 Å². The zero-order valence-electron chi connectivity index (χ0n) is 46.1.